The third-order valence-electron chi connectivity index (χ3n) is 4.11. The Morgan fingerprint density at radius 3 is 2.19 bits per heavy atom. The molecule has 0 aliphatic carbocycles. The summed E-state index contributed by atoms with van der Waals surface area (Å²) in [5, 5.41) is 1.01. The van der Waals surface area contributed by atoms with Gasteiger partial charge < -0.3 is 14.5 Å². The van der Waals surface area contributed by atoms with Gasteiger partial charge in [-0.2, -0.15) is 0 Å². The Morgan fingerprint density at radius 2 is 1.63 bits per heavy atom. The van der Waals surface area contributed by atoms with Gasteiger partial charge in [-0.1, -0.05) is 29.3 Å². The van der Waals surface area contributed by atoms with Gasteiger partial charge in [-0.15, -0.1) is 0 Å². The number of rotatable bonds is 2. The molecule has 1 fully saturated rings. The highest BCUT2D eigenvalue weighted by Gasteiger charge is 2.26. The first-order chi connectivity index (χ1) is 12.7. The fourth-order valence-electron chi connectivity index (χ4n) is 2.72. The SMILES string of the molecule is CC(C)(C)OC(=O)N1CCN(c2ncc(-c3ccc(Cl)c(Cl)c3)cn2)CC1. The van der Waals surface area contributed by atoms with Crippen LogP contribution in [0.3, 0.4) is 0 Å². The summed E-state index contributed by atoms with van der Waals surface area (Å²) >= 11 is 12.0. The summed E-state index contributed by atoms with van der Waals surface area (Å²) in [5.41, 5.74) is 1.29. The standard InChI is InChI=1S/C19H22Cl2N4O2/c1-19(2,3)27-18(26)25-8-6-24(7-9-25)17-22-11-14(12-23-17)13-4-5-15(20)16(21)10-13/h4-5,10-12H,6-9H2,1-3H3. The zero-order chi connectivity index (χ0) is 19.6. The Bertz CT molecular complexity index is 813. The van der Waals surface area contributed by atoms with Crippen LogP contribution in [-0.4, -0.2) is 52.7 Å². The van der Waals surface area contributed by atoms with E-state index in [2.05, 4.69) is 14.9 Å². The number of aromatic nitrogens is 2. The molecule has 1 amide bonds. The average molecular weight is 409 g/mol. The maximum absolute atomic E-state index is 12.1. The maximum atomic E-state index is 12.1. The van der Waals surface area contributed by atoms with Gasteiger partial charge in [0.15, 0.2) is 0 Å². The molecule has 1 saturated heterocycles. The van der Waals surface area contributed by atoms with Gasteiger partial charge in [0.05, 0.1) is 10.0 Å². The molecule has 2 aromatic rings. The third kappa shape index (κ3) is 5.02. The Hall–Kier alpha value is -2.05. The van der Waals surface area contributed by atoms with Crippen molar-refractivity contribution >= 4 is 35.2 Å². The van der Waals surface area contributed by atoms with Gasteiger partial charge in [0.2, 0.25) is 5.95 Å². The number of amides is 1. The molecule has 0 N–H and O–H groups in total. The second-order valence-electron chi connectivity index (χ2n) is 7.36. The van der Waals surface area contributed by atoms with Gasteiger partial charge in [0.1, 0.15) is 5.60 Å². The normalized spacial score (nSPS) is 15.0. The molecule has 1 aromatic heterocycles. The van der Waals surface area contributed by atoms with Crippen molar-refractivity contribution in [1.29, 1.82) is 0 Å². The molecule has 6 nitrogen and oxygen atoms in total. The molecule has 0 radical (unpaired) electrons. The molecule has 0 saturated carbocycles. The fraction of sp³-hybridized carbons (Fsp3) is 0.421. The highest BCUT2D eigenvalue weighted by Crippen LogP contribution is 2.28. The molecule has 0 bridgehead atoms. The van der Waals surface area contributed by atoms with E-state index in [9.17, 15) is 4.79 Å². The molecule has 8 heteroatoms. The number of hydrogen-bond donors (Lipinski definition) is 0. The predicted octanol–water partition coefficient (Wildman–Crippen LogP) is 4.51. The van der Waals surface area contributed by atoms with Crippen molar-refractivity contribution in [3.05, 3.63) is 40.6 Å². The maximum Gasteiger partial charge on any atom is 0.410 e. The summed E-state index contributed by atoms with van der Waals surface area (Å²) in [7, 11) is 0. The van der Waals surface area contributed by atoms with E-state index in [0.717, 1.165) is 11.1 Å². The molecule has 27 heavy (non-hydrogen) atoms. The number of nitrogens with zero attached hydrogens (tertiary/aromatic N) is 4. The number of piperazine rings is 1. The lowest BCUT2D eigenvalue weighted by molar-refractivity contribution is 0.0240. The molecule has 0 unspecified atom stereocenters. The number of hydrogen-bond acceptors (Lipinski definition) is 5. The molecular formula is C19H22Cl2N4O2. The van der Waals surface area contributed by atoms with E-state index in [1.807, 2.05) is 26.8 Å². The number of carbonyl (C=O) groups is 1. The van der Waals surface area contributed by atoms with Crippen molar-refractivity contribution in [3.63, 3.8) is 0 Å². The summed E-state index contributed by atoms with van der Waals surface area (Å²) in [5.74, 6) is 0.641. The van der Waals surface area contributed by atoms with Crippen LogP contribution in [0.25, 0.3) is 11.1 Å². The molecular weight excluding hydrogens is 387 g/mol. The summed E-state index contributed by atoms with van der Waals surface area (Å²) in [6.45, 7) is 8.07. The molecule has 1 aliphatic rings. The summed E-state index contributed by atoms with van der Waals surface area (Å²) in [6.07, 6.45) is 3.25. The van der Waals surface area contributed by atoms with E-state index < -0.39 is 5.60 Å². The van der Waals surface area contributed by atoms with Gasteiger partial charge in [0, 0.05) is 44.1 Å². The largest absolute Gasteiger partial charge is 0.444 e. The second-order valence-corrected chi connectivity index (χ2v) is 8.17. The minimum Gasteiger partial charge on any atom is -0.444 e. The zero-order valence-corrected chi connectivity index (χ0v) is 17.1. The van der Waals surface area contributed by atoms with Gasteiger partial charge in [-0.05, 0) is 38.5 Å². The average Bonchev–Trinajstić information content (AvgIpc) is 2.63. The lowest BCUT2D eigenvalue weighted by Crippen LogP contribution is -2.50. The minimum absolute atomic E-state index is 0.280. The molecule has 2 heterocycles. The van der Waals surface area contributed by atoms with Crippen LogP contribution in [0.5, 0.6) is 0 Å². The van der Waals surface area contributed by atoms with Crippen LogP contribution in [0.4, 0.5) is 10.7 Å². The van der Waals surface area contributed by atoms with E-state index in [0.29, 0.717) is 42.2 Å². The van der Waals surface area contributed by atoms with Crippen LogP contribution in [0, 0.1) is 0 Å². The van der Waals surface area contributed by atoms with E-state index in [1.54, 1.807) is 29.4 Å². The van der Waals surface area contributed by atoms with Crippen molar-refractivity contribution in [2.24, 2.45) is 0 Å². The topological polar surface area (TPSA) is 58.6 Å². The van der Waals surface area contributed by atoms with E-state index in [1.165, 1.54) is 0 Å². The summed E-state index contributed by atoms with van der Waals surface area (Å²) in [4.78, 5) is 24.8. The first-order valence-corrected chi connectivity index (χ1v) is 9.49. The van der Waals surface area contributed by atoms with Gasteiger partial charge in [0.25, 0.3) is 0 Å². The molecule has 0 atom stereocenters. The van der Waals surface area contributed by atoms with Crippen LogP contribution >= 0.6 is 23.2 Å². The monoisotopic (exact) mass is 408 g/mol. The Kier molecular flexibility index (Phi) is 5.77. The first-order valence-electron chi connectivity index (χ1n) is 8.73. The second kappa shape index (κ2) is 7.90. The van der Waals surface area contributed by atoms with Crippen molar-refractivity contribution in [1.82, 2.24) is 14.9 Å². The molecule has 3 rings (SSSR count). The van der Waals surface area contributed by atoms with Crippen LogP contribution < -0.4 is 4.90 Å². The smallest absolute Gasteiger partial charge is 0.410 e. The van der Waals surface area contributed by atoms with Crippen molar-refractivity contribution in [2.45, 2.75) is 26.4 Å². The van der Waals surface area contributed by atoms with Gasteiger partial charge >= 0.3 is 6.09 Å². The quantitative estimate of drug-likeness (QED) is 0.731. The van der Waals surface area contributed by atoms with E-state index in [4.69, 9.17) is 27.9 Å². The molecule has 1 aliphatic heterocycles. The first kappa shape index (κ1) is 19.7. The van der Waals surface area contributed by atoms with Gasteiger partial charge in [-0.25, -0.2) is 14.8 Å². The van der Waals surface area contributed by atoms with Crippen LogP contribution in [0.2, 0.25) is 10.0 Å². The molecule has 144 valence electrons. The number of halogens is 2. The minimum atomic E-state index is -0.488. The fourth-order valence-corrected chi connectivity index (χ4v) is 3.02. The number of carbonyl (C=O) groups excluding carboxylic acids is 1. The number of benzene rings is 1. The Labute approximate surface area is 169 Å². The van der Waals surface area contributed by atoms with Crippen LogP contribution in [0.1, 0.15) is 20.8 Å². The van der Waals surface area contributed by atoms with Gasteiger partial charge in [-0.3, -0.25) is 0 Å². The highest BCUT2D eigenvalue weighted by atomic mass is 35.5. The lowest BCUT2D eigenvalue weighted by atomic mass is 10.1. The molecule has 1 aromatic carbocycles. The summed E-state index contributed by atoms with van der Waals surface area (Å²) in [6, 6.07) is 5.43. The van der Waals surface area contributed by atoms with Crippen molar-refractivity contribution in [3.8, 4) is 11.1 Å². The lowest BCUT2D eigenvalue weighted by Gasteiger charge is -2.35. The van der Waals surface area contributed by atoms with Crippen molar-refractivity contribution < 1.29 is 9.53 Å². The molecule has 0 spiro atoms. The third-order valence-corrected chi connectivity index (χ3v) is 4.84. The highest BCUT2D eigenvalue weighted by molar-refractivity contribution is 6.42. The number of anilines is 1. The van der Waals surface area contributed by atoms with E-state index >= 15 is 0 Å². The van der Waals surface area contributed by atoms with E-state index in [-0.39, 0.29) is 6.09 Å². The number of ether oxygens (including phenoxy) is 1. The Morgan fingerprint density at radius 1 is 1.00 bits per heavy atom. The summed E-state index contributed by atoms with van der Waals surface area (Å²) < 4.78 is 5.42. The van der Waals surface area contributed by atoms with Crippen molar-refractivity contribution in [2.75, 3.05) is 31.1 Å². The predicted molar refractivity (Wildman–Crippen MR) is 108 cm³/mol. The van der Waals surface area contributed by atoms with Crippen LogP contribution in [0.15, 0.2) is 30.6 Å². The Balaban J connectivity index is 1.62. The van der Waals surface area contributed by atoms with Crippen LogP contribution in [-0.2, 0) is 4.74 Å². The zero-order valence-electron chi connectivity index (χ0n) is 15.6.